The molecule has 1 aliphatic heterocycles. The summed E-state index contributed by atoms with van der Waals surface area (Å²) in [7, 11) is 0. The van der Waals surface area contributed by atoms with Gasteiger partial charge in [0.1, 0.15) is 0 Å². The van der Waals surface area contributed by atoms with Gasteiger partial charge in [-0.15, -0.1) is 0 Å². The highest BCUT2D eigenvalue weighted by atomic mass is 79.9. The lowest BCUT2D eigenvalue weighted by Gasteiger charge is -2.29. The standard InChI is InChI=1S/C12H15BrClN/c13-9-10-4-5-12(11(14)8-10)15-6-2-1-3-7-15/h4-5,8H,1-3,6-7,9H2. The van der Waals surface area contributed by atoms with Gasteiger partial charge in [-0.1, -0.05) is 33.6 Å². The van der Waals surface area contributed by atoms with Gasteiger partial charge in [0.2, 0.25) is 0 Å². The van der Waals surface area contributed by atoms with Crippen molar-refractivity contribution in [2.45, 2.75) is 24.6 Å². The minimum atomic E-state index is 0.868. The van der Waals surface area contributed by atoms with Crippen molar-refractivity contribution in [1.29, 1.82) is 0 Å². The Kier molecular flexibility index (Phi) is 3.92. The first-order valence-electron chi connectivity index (χ1n) is 5.40. The maximum Gasteiger partial charge on any atom is 0.0642 e. The maximum absolute atomic E-state index is 6.28. The van der Waals surface area contributed by atoms with Crippen LogP contribution in [0.2, 0.25) is 5.02 Å². The van der Waals surface area contributed by atoms with Crippen molar-refractivity contribution in [2.75, 3.05) is 18.0 Å². The molecule has 2 rings (SSSR count). The van der Waals surface area contributed by atoms with Gasteiger partial charge < -0.3 is 4.90 Å². The Morgan fingerprint density at radius 3 is 2.53 bits per heavy atom. The van der Waals surface area contributed by atoms with Crippen molar-refractivity contribution >= 4 is 33.2 Å². The van der Waals surface area contributed by atoms with Crippen LogP contribution in [0.25, 0.3) is 0 Å². The third-order valence-corrected chi connectivity index (χ3v) is 3.81. The molecule has 0 unspecified atom stereocenters. The summed E-state index contributed by atoms with van der Waals surface area (Å²) in [5.74, 6) is 0. The maximum atomic E-state index is 6.28. The first-order valence-corrected chi connectivity index (χ1v) is 6.90. The van der Waals surface area contributed by atoms with Crippen LogP contribution in [-0.4, -0.2) is 13.1 Å². The number of benzene rings is 1. The number of rotatable bonds is 2. The second kappa shape index (κ2) is 5.22. The lowest BCUT2D eigenvalue weighted by atomic mass is 10.1. The molecule has 1 heterocycles. The highest BCUT2D eigenvalue weighted by Crippen LogP contribution is 2.29. The van der Waals surface area contributed by atoms with Gasteiger partial charge in [-0.05, 0) is 37.0 Å². The Morgan fingerprint density at radius 1 is 1.20 bits per heavy atom. The van der Waals surface area contributed by atoms with Crippen LogP contribution in [0.3, 0.4) is 0 Å². The molecule has 1 aliphatic rings. The van der Waals surface area contributed by atoms with E-state index in [1.807, 2.05) is 0 Å². The average Bonchev–Trinajstić information content (AvgIpc) is 2.30. The molecular formula is C12H15BrClN. The van der Waals surface area contributed by atoms with Crippen LogP contribution in [0, 0.1) is 0 Å². The Morgan fingerprint density at radius 2 is 1.93 bits per heavy atom. The van der Waals surface area contributed by atoms with Crippen molar-refractivity contribution in [3.05, 3.63) is 28.8 Å². The summed E-state index contributed by atoms with van der Waals surface area (Å²) >= 11 is 9.72. The zero-order chi connectivity index (χ0) is 10.7. The molecule has 1 aromatic rings. The third kappa shape index (κ3) is 2.67. The molecule has 15 heavy (non-hydrogen) atoms. The molecule has 0 N–H and O–H groups in total. The molecule has 0 spiro atoms. The van der Waals surface area contributed by atoms with Crippen LogP contribution < -0.4 is 4.90 Å². The number of piperidine rings is 1. The third-order valence-electron chi connectivity index (χ3n) is 2.86. The fraction of sp³-hybridized carbons (Fsp3) is 0.500. The van der Waals surface area contributed by atoms with E-state index < -0.39 is 0 Å². The quantitative estimate of drug-likeness (QED) is 0.736. The predicted molar refractivity (Wildman–Crippen MR) is 70.1 cm³/mol. The van der Waals surface area contributed by atoms with Crippen LogP contribution in [-0.2, 0) is 5.33 Å². The summed E-state index contributed by atoms with van der Waals surface area (Å²) in [5.41, 5.74) is 2.43. The molecule has 1 nitrogen and oxygen atoms in total. The Hall–Kier alpha value is -0.210. The van der Waals surface area contributed by atoms with E-state index in [1.54, 1.807) is 0 Å². The molecular weight excluding hydrogens is 273 g/mol. The van der Waals surface area contributed by atoms with E-state index in [1.165, 1.54) is 30.5 Å². The van der Waals surface area contributed by atoms with Crippen molar-refractivity contribution < 1.29 is 0 Å². The number of anilines is 1. The summed E-state index contributed by atoms with van der Waals surface area (Å²) in [4.78, 5) is 2.39. The van der Waals surface area contributed by atoms with E-state index in [0.717, 1.165) is 23.4 Å². The van der Waals surface area contributed by atoms with Crippen LogP contribution in [0.5, 0.6) is 0 Å². The zero-order valence-electron chi connectivity index (χ0n) is 8.68. The number of hydrogen-bond acceptors (Lipinski definition) is 1. The lowest BCUT2D eigenvalue weighted by molar-refractivity contribution is 0.578. The van der Waals surface area contributed by atoms with Gasteiger partial charge >= 0.3 is 0 Å². The van der Waals surface area contributed by atoms with Gasteiger partial charge in [0.25, 0.3) is 0 Å². The van der Waals surface area contributed by atoms with Crippen molar-refractivity contribution in [2.24, 2.45) is 0 Å². The highest BCUT2D eigenvalue weighted by molar-refractivity contribution is 9.08. The monoisotopic (exact) mass is 287 g/mol. The average molecular weight is 289 g/mol. The molecule has 0 aliphatic carbocycles. The van der Waals surface area contributed by atoms with Crippen molar-refractivity contribution in [3.8, 4) is 0 Å². The zero-order valence-corrected chi connectivity index (χ0v) is 11.0. The van der Waals surface area contributed by atoms with Crippen molar-refractivity contribution in [1.82, 2.24) is 0 Å². The summed E-state index contributed by atoms with van der Waals surface area (Å²) < 4.78 is 0. The van der Waals surface area contributed by atoms with Gasteiger partial charge in [0, 0.05) is 18.4 Å². The van der Waals surface area contributed by atoms with E-state index in [2.05, 4.69) is 39.0 Å². The van der Waals surface area contributed by atoms with E-state index in [4.69, 9.17) is 11.6 Å². The number of nitrogens with zero attached hydrogens (tertiary/aromatic N) is 1. The molecule has 0 radical (unpaired) electrons. The van der Waals surface area contributed by atoms with Crippen LogP contribution >= 0.6 is 27.5 Å². The minimum Gasteiger partial charge on any atom is -0.370 e. The van der Waals surface area contributed by atoms with Gasteiger partial charge in [0.05, 0.1) is 10.7 Å². The van der Waals surface area contributed by atoms with Crippen molar-refractivity contribution in [3.63, 3.8) is 0 Å². The first-order chi connectivity index (χ1) is 7.31. The second-order valence-corrected chi connectivity index (χ2v) is 4.94. The Bertz CT molecular complexity index is 334. The molecule has 3 heteroatoms. The summed E-state index contributed by atoms with van der Waals surface area (Å²) in [6, 6.07) is 6.34. The topological polar surface area (TPSA) is 3.24 Å². The molecule has 0 amide bonds. The molecule has 1 fully saturated rings. The summed E-state index contributed by atoms with van der Waals surface area (Å²) in [6.45, 7) is 2.29. The molecule has 0 atom stereocenters. The highest BCUT2D eigenvalue weighted by Gasteiger charge is 2.13. The molecule has 0 aromatic heterocycles. The number of hydrogen-bond donors (Lipinski definition) is 0. The normalized spacial score (nSPS) is 16.8. The van der Waals surface area contributed by atoms with Crippen LogP contribution in [0.1, 0.15) is 24.8 Å². The largest absolute Gasteiger partial charge is 0.370 e. The van der Waals surface area contributed by atoms with E-state index in [0.29, 0.717) is 0 Å². The fourth-order valence-corrected chi connectivity index (χ4v) is 2.70. The smallest absolute Gasteiger partial charge is 0.0642 e. The summed E-state index contributed by atoms with van der Waals surface area (Å²) in [6.07, 6.45) is 3.93. The first kappa shape index (κ1) is 11.3. The molecule has 82 valence electrons. The van der Waals surface area contributed by atoms with E-state index in [-0.39, 0.29) is 0 Å². The van der Waals surface area contributed by atoms with E-state index >= 15 is 0 Å². The Labute approximate surface area is 105 Å². The van der Waals surface area contributed by atoms with Gasteiger partial charge in [0.15, 0.2) is 0 Å². The number of halogens is 2. The lowest BCUT2D eigenvalue weighted by Crippen LogP contribution is -2.29. The van der Waals surface area contributed by atoms with E-state index in [9.17, 15) is 0 Å². The van der Waals surface area contributed by atoms with Gasteiger partial charge in [-0.3, -0.25) is 0 Å². The van der Waals surface area contributed by atoms with Gasteiger partial charge in [-0.25, -0.2) is 0 Å². The number of alkyl halides is 1. The van der Waals surface area contributed by atoms with Crippen LogP contribution in [0.4, 0.5) is 5.69 Å². The predicted octanol–water partition coefficient (Wildman–Crippen LogP) is 4.23. The SMILES string of the molecule is Clc1cc(CBr)ccc1N1CCCCC1. The second-order valence-electron chi connectivity index (χ2n) is 3.97. The van der Waals surface area contributed by atoms with Crippen LogP contribution in [0.15, 0.2) is 18.2 Å². The Balaban J connectivity index is 2.19. The minimum absolute atomic E-state index is 0.868. The summed E-state index contributed by atoms with van der Waals surface area (Å²) in [5, 5.41) is 1.75. The molecule has 1 saturated heterocycles. The fourth-order valence-electron chi connectivity index (χ4n) is 2.02. The molecule has 1 aromatic carbocycles. The molecule has 0 bridgehead atoms. The molecule has 0 saturated carbocycles. The van der Waals surface area contributed by atoms with Gasteiger partial charge in [-0.2, -0.15) is 0 Å².